The van der Waals surface area contributed by atoms with Gasteiger partial charge in [-0.3, -0.25) is 4.57 Å². The van der Waals surface area contributed by atoms with Gasteiger partial charge in [0.2, 0.25) is 0 Å². The summed E-state index contributed by atoms with van der Waals surface area (Å²) in [7, 11) is 0. The highest BCUT2D eigenvalue weighted by atomic mass is 15.2. The maximum Gasteiger partial charge on any atom is 0.165 e. The lowest BCUT2D eigenvalue weighted by Crippen LogP contribution is -2.13. The SMILES string of the molecule is c1ccc(-n2c3c(-n4c5ccccc5c5ccccc54)cccc3c3nc(-n4c5ccccc5c5ccccc54)c(-n4c5ccccc5c5ccccc54)c(-n4c5ccccc5c5ccccc54)c32)cc1. The minimum atomic E-state index is 0.840. The Balaban J connectivity index is 1.24. The van der Waals surface area contributed by atoms with Gasteiger partial charge in [0.25, 0.3) is 0 Å². The van der Waals surface area contributed by atoms with Gasteiger partial charge in [-0.05, 0) is 66.7 Å². The zero-order valence-corrected chi connectivity index (χ0v) is 38.3. The number of aromatic nitrogens is 6. The van der Waals surface area contributed by atoms with Crippen LogP contribution >= 0.6 is 0 Å². The zero-order chi connectivity index (χ0) is 46.3. The number of rotatable bonds is 5. The molecule has 0 amide bonds. The van der Waals surface area contributed by atoms with Crippen LogP contribution < -0.4 is 0 Å². The number of nitrogens with zero attached hydrogens (tertiary/aromatic N) is 6. The molecule has 6 nitrogen and oxygen atoms in total. The normalized spacial score (nSPS) is 12.2. The molecule has 0 fully saturated rings. The summed E-state index contributed by atoms with van der Waals surface area (Å²) >= 11 is 0. The van der Waals surface area contributed by atoms with Gasteiger partial charge in [-0.2, -0.15) is 0 Å². The monoisotopic (exact) mass is 904 g/mol. The Morgan fingerprint density at radius 2 is 0.549 bits per heavy atom. The number of benzene rings is 10. The molecule has 0 atom stereocenters. The van der Waals surface area contributed by atoms with Gasteiger partial charge in [0.15, 0.2) is 5.82 Å². The molecule has 6 aromatic heterocycles. The third kappa shape index (κ3) is 5.12. The molecule has 0 aliphatic rings. The highest BCUT2D eigenvalue weighted by Gasteiger charge is 2.32. The van der Waals surface area contributed by atoms with Crippen molar-refractivity contribution < 1.29 is 0 Å². The van der Waals surface area contributed by atoms with Crippen LogP contribution in [0.1, 0.15) is 0 Å². The van der Waals surface area contributed by atoms with Gasteiger partial charge in [-0.25, -0.2) is 4.98 Å². The average Bonchev–Trinajstić information content (AvgIpc) is 4.23. The van der Waals surface area contributed by atoms with Crippen molar-refractivity contribution in [3.8, 4) is 28.6 Å². The smallest absolute Gasteiger partial charge is 0.165 e. The molecule has 0 aliphatic carbocycles. The van der Waals surface area contributed by atoms with E-state index in [1.807, 2.05) is 0 Å². The van der Waals surface area contributed by atoms with Crippen LogP contribution in [0.25, 0.3) is 138 Å². The Hall–Kier alpha value is -9.65. The van der Waals surface area contributed by atoms with Crippen molar-refractivity contribution >= 4 is 109 Å². The number of hydrogen-bond acceptors (Lipinski definition) is 1. The second-order valence-corrected chi connectivity index (χ2v) is 18.7. The number of hydrogen-bond donors (Lipinski definition) is 0. The summed E-state index contributed by atoms with van der Waals surface area (Å²) < 4.78 is 12.5. The molecule has 0 bridgehead atoms. The summed E-state index contributed by atoms with van der Waals surface area (Å²) in [4.78, 5) is 6.24. The van der Waals surface area contributed by atoms with E-state index < -0.39 is 0 Å². The lowest BCUT2D eigenvalue weighted by molar-refractivity contribution is 1.01. The van der Waals surface area contributed by atoms with Crippen molar-refractivity contribution in [2.75, 3.05) is 0 Å². The molecule has 0 saturated carbocycles. The highest BCUT2D eigenvalue weighted by molar-refractivity contribution is 6.20. The molecule has 0 aliphatic heterocycles. The standard InChI is InChI=1S/C65H40N6/c1-2-21-41(22-3-1)67-61-50(31-20-40-59(61)68-51-32-12-4-23-42(51)43-24-5-13-33-52(43)68)60-62(67)63(69-53-34-14-6-25-44(53)45-26-7-15-35-54(45)69)64(70-55-36-16-8-27-46(55)47-28-9-17-37-56(47)70)65(66-60)71-57-38-18-10-29-48(57)49-30-11-19-39-58(49)71/h1-40H. The van der Waals surface area contributed by atoms with Gasteiger partial charge < -0.3 is 18.3 Å². The molecule has 71 heavy (non-hydrogen) atoms. The Bertz CT molecular complexity index is 4670. The first-order valence-corrected chi connectivity index (χ1v) is 24.3. The van der Waals surface area contributed by atoms with Crippen LogP contribution in [0, 0.1) is 0 Å². The van der Waals surface area contributed by atoms with Crippen LogP contribution in [-0.2, 0) is 0 Å². The molecule has 6 heteroatoms. The van der Waals surface area contributed by atoms with Gasteiger partial charge in [0.1, 0.15) is 16.9 Å². The number of para-hydroxylation sites is 10. The highest BCUT2D eigenvalue weighted by Crippen LogP contribution is 2.48. The van der Waals surface area contributed by atoms with Gasteiger partial charge in [-0.1, -0.05) is 176 Å². The molecule has 6 heterocycles. The van der Waals surface area contributed by atoms with Crippen LogP contribution in [0.2, 0.25) is 0 Å². The van der Waals surface area contributed by atoms with Crippen LogP contribution in [0.5, 0.6) is 0 Å². The van der Waals surface area contributed by atoms with E-state index in [0.29, 0.717) is 0 Å². The fourth-order valence-corrected chi connectivity index (χ4v) is 12.3. The predicted molar refractivity (Wildman–Crippen MR) is 296 cm³/mol. The molecule has 0 N–H and O–H groups in total. The lowest BCUT2D eigenvalue weighted by Gasteiger charge is -2.23. The summed E-state index contributed by atoms with van der Waals surface area (Å²) in [6.07, 6.45) is 0. The molecule has 330 valence electrons. The van der Waals surface area contributed by atoms with Crippen LogP contribution in [0.4, 0.5) is 0 Å². The largest absolute Gasteiger partial charge is 0.307 e. The third-order valence-corrected chi connectivity index (χ3v) is 15.1. The number of pyridine rings is 1. The molecular weight excluding hydrogens is 865 g/mol. The van der Waals surface area contributed by atoms with E-state index in [0.717, 1.165) is 94.6 Å². The topological polar surface area (TPSA) is 37.5 Å². The second kappa shape index (κ2) is 14.4. The van der Waals surface area contributed by atoms with E-state index in [1.54, 1.807) is 0 Å². The Kier molecular flexibility index (Phi) is 7.79. The van der Waals surface area contributed by atoms with E-state index in [2.05, 4.69) is 265 Å². The molecule has 10 aromatic carbocycles. The summed E-state index contributed by atoms with van der Waals surface area (Å²) in [5.41, 5.74) is 16.0. The summed E-state index contributed by atoms with van der Waals surface area (Å²) in [5.74, 6) is 0.840. The summed E-state index contributed by atoms with van der Waals surface area (Å²) in [5, 5.41) is 10.6. The predicted octanol–water partition coefficient (Wildman–Crippen LogP) is 16.6. The minimum absolute atomic E-state index is 0.840. The maximum atomic E-state index is 6.24. The van der Waals surface area contributed by atoms with Gasteiger partial charge >= 0.3 is 0 Å². The van der Waals surface area contributed by atoms with E-state index in [1.165, 1.54) is 43.1 Å². The average molecular weight is 905 g/mol. The van der Waals surface area contributed by atoms with Gasteiger partial charge in [0.05, 0.1) is 60.9 Å². The molecule has 16 aromatic rings. The Labute approximate surface area is 406 Å². The van der Waals surface area contributed by atoms with Crippen molar-refractivity contribution in [3.63, 3.8) is 0 Å². The molecule has 0 saturated heterocycles. The first kappa shape index (κ1) is 38.3. The third-order valence-electron chi connectivity index (χ3n) is 15.1. The van der Waals surface area contributed by atoms with E-state index in [9.17, 15) is 0 Å². The van der Waals surface area contributed by atoms with E-state index in [-0.39, 0.29) is 0 Å². The van der Waals surface area contributed by atoms with E-state index in [4.69, 9.17) is 4.98 Å². The zero-order valence-electron chi connectivity index (χ0n) is 38.3. The van der Waals surface area contributed by atoms with Crippen LogP contribution in [0.3, 0.4) is 0 Å². The summed E-state index contributed by atoms with van der Waals surface area (Å²) in [6.45, 7) is 0. The minimum Gasteiger partial charge on any atom is -0.307 e. The van der Waals surface area contributed by atoms with E-state index >= 15 is 0 Å². The molecular formula is C65H40N6. The Morgan fingerprint density at radius 3 is 0.958 bits per heavy atom. The second-order valence-electron chi connectivity index (χ2n) is 18.7. The van der Waals surface area contributed by atoms with Crippen LogP contribution in [0.15, 0.2) is 243 Å². The fraction of sp³-hybridized carbons (Fsp3) is 0. The van der Waals surface area contributed by atoms with Crippen molar-refractivity contribution in [2.24, 2.45) is 0 Å². The maximum absolute atomic E-state index is 6.24. The van der Waals surface area contributed by atoms with Crippen LogP contribution in [-0.4, -0.2) is 27.8 Å². The Morgan fingerprint density at radius 1 is 0.225 bits per heavy atom. The van der Waals surface area contributed by atoms with Gasteiger partial charge in [0, 0.05) is 54.2 Å². The van der Waals surface area contributed by atoms with Crippen molar-refractivity contribution in [1.29, 1.82) is 0 Å². The molecule has 0 spiro atoms. The quantitative estimate of drug-likeness (QED) is 0.170. The fourth-order valence-electron chi connectivity index (χ4n) is 12.3. The molecule has 16 rings (SSSR count). The first-order chi connectivity index (χ1) is 35.3. The molecule has 0 radical (unpaired) electrons. The van der Waals surface area contributed by atoms with Crippen molar-refractivity contribution in [3.05, 3.63) is 243 Å². The van der Waals surface area contributed by atoms with Crippen molar-refractivity contribution in [2.45, 2.75) is 0 Å². The van der Waals surface area contributed by atoms with Crippen molar-refractivity contribution in [1.82, 2.24) is 27.8 Å². The van der Waals surface area contributed by atoms with Gasteiger partial charge in [-0.15, -0.1) is 0 Å². The lowest BCUT2D eigenvalue weighted by atomic mass is 10.1. The summed E-state index contributed by atoms with van der Waals surface area (Å²) in [6, 6.07) is 88.5. The first-order valence-electron chi connectivity index (χ1n) is 24.3. The number of fused-ring (bicyclic) bond motifs is 15. The molecule has 0 unspecified atom stereocenters.